The molecule has 4 rings (SSSR count). The average molecular weight is 385 g/mol. The molecule has 1 N–H and O–H groups in total. The van der Waals surface area contributed by atoms with Gasteiger partial charge in [0.05, 0.1) is 12.8 Å². The minimum Gasteiger partial charge on any atom is -0.467 e. The minimum atomic E-state index is -3.39. The van der Waals surface area contributed by atoms with E-state index in [1.165, 1.54) is 4.31 Å². The lowest BCUT2D eigenvalue weighted by Gasteiger charge is -2.35. The molecule has 0 saturated carbocycles. The highest BCUT2D eigenvalue weighted by Crippen LogP contribution is 2.29. The van der Waals surface area contributed by atoms with Crippen molar-refractivity contribution in [3.05, 3.63) is 24.2 Å². The molecule has 9 heteroatoms. The largest absolute Gasteiger partial charge is 0.467 e. The van der Waals surface area contributed by atoms with Crippen molar-refractivity contribution in [2.24, 2.45) is 5.92 Å². The van der Waals surface area contributed by atoms with Gasteiger partial charge in [0.2, 0.25) is 5.91 Å². The summed E-state index contributed by atoms with van der Waals surface area (Å²) in [6, 6.07) is 3.80. The number of piperidine rings is 1. The van der Waals surface area contributed by atoms with E-state index in [9.17, 15) is 13.2 Å². The summed E-state index contributed by atoms with van der Waals surface area (Å²) in [6.07, 6.45) is 4.02. The number of rotatable bonds is 7. The van der Waals surface area contributed by atoms with E-state index in [0.29, 0.717) is 38.5 Å². The third-order valence-corrected chi connectivity index (χ3v) is 7.12. The van der Waals surface area contributed by atoms with Gasteiger partial charge < -0.3 is 9.73 Å². The first-order chi connectivity index (χ1) is 12.4. The molecule has 3 aliphatic heterocycles. The molecule has 0 radical (unpaired) electrons. The molecule has 0 spiro atoms. The van der Waals surface area contributed by atoms with Crippen LogP contribution in [0.2, 0.25) is 0 Å². The zero-order valence-electron chi connectivity index (χ0n) is 15.4. The van der Waals surface area contributed by atoms with Crippen LogP contribution in [0, 0.1) is 5.92 Å². The van der Waals surface area contributed by atoms with E-state index in [1.807, 2.05) is 6.07 Å². The number of nitrogens with zero attached hydrogens (tertiary/aromatic N) is 3. The van der Waals surface area contributed by atoms with Crippen LogP contribution in [0.1, 0.15) is 25.0 Å². The van der Waals surface area contributed by atoms with Crippen molar-refractivity contribution in [1.82, 2.24) is 18.8 Å². The van der Waals surface area contributed by atoms with Gasteiger partial charge in [-0.05, 0) is 30.9 Å². The van der Waals surface area contributed by atoms with Gasteiger partial charge in [-0.2, -0.15) is 17.0 Å². The number of hydrogen-bond donors (Lipinski definition) is 1. The molecule has 8 nitrogen and oxygen atoms in total. The SMILES string of the molecule is CN(C)S(=O)(=O)N1C[C@H]2CC[C@@H](C1)N(CCC(=O)NCc1ccco1)C2. The molecule has 4 heterocycles. The Morgan fingerprint density at radius 3 is 2.81 bits per heavy atom. The molecule has 0 unspecified atom stereocenters. The Kier molecular flexibility index (Phi) is 6.01. The van der Waals surface area contributed by atoms with Crippen molar-refractivity contribution in [3.63, 3.8) is 0 Å². The molecule has 26 heavy (non-hydrogen) atoms. The molecule has 1 amide bonds. The van der Waals surface area contributed by atoms with E-state index in [-0.39, 0.29) is 11.9 Å². The lowest BCUT2D eigenvalue weighted by molar-refractivity contribution is -0.121. The van der Waals surface area contributed by atoms with Gasteiger partial charge in [-0.3, -0.25) is 9.69 Å². The van der Waals surface area contributed by atoms with Crippen LogP contribution in [0.3, 0.4) is 0 Å². The van der Waals surface area contributed by atoms with Crippen molar-refractivity contribution in [2.75, 3.05) is 40.3 Å². The highest BCUT2D eigenvalue weighted by Gasteiger charge is 2.39. The predicted octanol–water partition coefficient (Wildman–Crippen LogP) is 0.489. The quantitative estimate of drug-likeness (QED) is 0.739. The third-order valence-electron chi connectivity index (χ3n) is 5.25. The number of hydrogen-bond acceptors (Lipinski definition) is 5. The molecule has 0 aromatic carbocycles. The van der Waals surface area contributed by atoms with Crippen molar-refractivity contribution in [3.8, 4) is 0 Å². The smallest absolute Gasteiger partial charge is 0.281 e. The Morgan fingerprint density at radius 1 is 1.31 bits per heavy atom. The molecular weight excluding hydrogens is 356 g/mol. The number of amides is 1. The molecule has 0 aliphatic carbocycles. The van der Waals surface area contributed by atoms with E-state index in [4.69, 9.17) is 4.42 Å². The summed E-state index contributed by atoms with van der Waals surface area (Å²) < 4.78 is 33.1. The maximum absolute atomic E-state index is 12.5. The first-order valence-corrected chi connectivity index (χ1v) is 10.5. The fourth-order valence-corrected chi connectivity index (χ4v) is 4.98. The third kappa shape index (κ3) is 4.46. The van der Waals surface area contributed by atoms with Gasteiger partial charge >= 0.3 is 0 Å². The maximum Gasteiger partial charge on any atom is 0.281 e. The molecule has 3 saturated heterocycles. The minimum absolute atomic E-state index is 0.0145. The maximum atomic E-state index is 12.5. The van der Waals surface area contributed by atoms with Gasteiger partial charge in [-0.1, -0.05) is 0 Å². The first kappa shape index (κ1) is 19.3. The Hall–Kier alpha value is -1.42. The molecule has 1 aromatic rings. The fourth-order valence-electron chi connectivity index (χ4n) is 3.76. The number of fused-ring (bicyclic) bond motifs is 4. The monoisotopic (exact) mass is 384 g/mol. The summed E-state index contributed by atoms with van der Waals surface area (Å²) in [4.78, 5) is 14.4. The van der Waals surface area contributed by atoms with E-state index in [0.717, 1.165) is 25.1 Å². The highest BCUT2D eigenvalue weighted by molar-refractivity contribution is 7.86. The summed E-state index contributed by atoms with van der Waals surface area (Å²) in [7, 11) is -0.242. The lowest BCUT2D eigenvalue weighted by atomic mass is 9.95. The number of carbonyl (C=O) groups excluding carboxylic acids is 1. The Labute approximate surface area is 155 Å². The van der Waals surface area contributed by atoms with E-state index in [2.05, 4.69) is 10.2 Å². The van der Waals surface area contributed by atoms with E-state index < -0.39 is 10.2 Å². The number of furan rings is 1. The van der Waals surface area contributed by atoms with Crippen LogP contribution >= 0.6 is 0 Å². The first-order valence-electron chi connectivity index (χ1n) is 9.07. The molecule has 2 bridgehead atoms. The van der Waals surface area contributed by atoms with E-state index in [1.54, 1.807) is 30.7 Å². The zero-order chi connectivity index (χ0) is 18.7. The van der Waals surface area contributed by atoms with E-state index >= 15 is 0 Å². The second-order valence-corrected chi connectivity index (χ2v) is 9.45. The number of carbonyl (C=O) groups is 1. The van der Waals surface area contributed by atoms with Crippen LogP contribution < -0.4 is 5.32 Å². The molecule has 3 fully saturated rings. The Morgan fingerprint density at radius 2 is 2.12 bits per heavy atom. The van der Waals surface area contributed by atoms with Crippen LogP contribution in [0.15, 0.2) is 22.8 Å². The average Bonchev–Trinajstić information content (AvgIpc) is 2.95. The Bertz CT molecular complexity index is 704. The standard InChI is InChI=1S/C17H28N4O4S/c1-19(2)26(23,24)21-12-14-5-6-15(13-21)20(11-14)8-7-17(22)18-10-16-4-3-9-25-16/h3-4,9,14-15H,5-8,10-13H2,1-2H3,(H,18,22)/t14-,15-/m0/s1. The molecule has 2 atom stereocenters. The molecule has 3 aliphatic rings. The van der Waals surface area contributed by atoms with Crippen molar-refractivity contribution < 1.29 is 17.6 Å². The summed E-state index contributed by atoms with van der Waals surface area (Å²) in [5, 5.41) is 2.86. The fraction of sp³-hybridized carbons (Fsp3) is 0.706. The number of nitrogens with one attached hydrogen (secondary N) is 1. The van der Waals surface area contributed by atoms with Gasteiger partial charge in [0.25, 0.3) is 10.2 Å². The van der Waals surface area contributed by atoms with Crippen LogP contribution in [0.5, 0.6) is 0 Å². The molecular formula is C17H28N4O4S. The zero-order valence-corrected chi connectivity index (χ0v) is 16.2. The predicted molar refractivity (Wildman–Crippen MR) is 97.4 cm³/mol. The Balaban J connectivity index is 1.53. The summed E-state index contributed by atoms with van der Waals surface area (Å²) in [5.41, 5.74) is 0. The topological polar surface area (TPSA) is 86.1 Å². The van der Waals surface area contributed by atoms with Gasteiger partial charge in [-0.25, -0.2) is 0 Å². The molecule has 1 aromatic heterocycles. The van der Waals surface area contributed by atoms with Crippen molar-refractivity contribution >= 4 is 16.1 Å². The van der Waals surface area contributed by atoms with Crippen molar-refractivity contribution in [2.45, 2.75) is 31.8 Å². The van der Waals surface area contributed by atoms with Gasteiger partial charge in [0, 0.05) is 52.7 Å². The van der Waals surface area contributed by atoms with Gasteiger partial charge in [-0.15, -0.1) is 0 Å². The second kappa shape index (κ2) is 8.08. The summed E-state index contributed by atoms with van der Waals surface area (Å²) in [6.45, 7) is 2.98. The van der Waals surface area contributed by atoms with Gasteiger partial charge in [0.1, 0.15) is 5.76 Å². The molecule has 146 valence electrons. The highest BCUT2D eigenvalue weighted by atomic mass is 32.2. The summed E-state index contributed by atoms with van der Waals surface area (Å²) in [5.74, 6) is 1.05. The summed E-state index contributed by atoms with van der Waals surface area (Å²) >= 11 is 0. The lowest BCUT2D eigenvalue weighted by Crippen LogP contribution is -2.47. The van der Waals surface area contributed by atoms with Gasteiger partial charge in [0.15, 0.2) is 0 Å². The van der Waals surface area contributed by atoms with Crippen LogP contribution in [-0.2, 0) is 21.5 Å². The normalized spacial score (nSPS) is 24.7. The second-order valence-electron chi connectivity index (χ2n) is 7.31. The van der Waals surface area contributed by atoms with Crippen LogP contribution in [-0.4, -0.2) is 74.2 Å². The van der Waals surface area contributed by atoms with Crippen LogP contribution in [0.4, 0.5) is 0 Å². The van der Waals surface area contributed by atoms with Crippen molar-refractivity contribution in [1.29, 1.82) is 0 Å². The van der Waals surface area contributed by atoms with Crippen LogP contribution in [0.25, 0.3) is 0 Å².